The summed E-state index contributed by atoms with van der Waals surface area (Å²) in [6.07, 6.45) is 1.98. The second-order valence-corrected chi connectivity index (χ2v) is 11.0. The highest BCUT2D eigenvalue weighted by atomic mass is 16.5. The molecule has 3 unspecified atom stereocenters. The summed E-state index contributed by atoms with van der Waals surface area (Å²) < 4.78 is 4.60. The molecule has 0 aromatic heterocycles. The van der Waals surface area contributed by atoms with E-state index in [0.29, 0.717) is 11.3 Å². The molecule has 0 saturated heterocycles. The average molecular weight is 622 g/mol. The Morgan fingerprint density at radius 3 is 2.07 bits per heavy atom. The van der Waals surface area contributed by atoms with Gasteiger partial charge in [-0.3, -0.25) is 19.2 Å². The number of aliphatic hydroxyl groups is 1. The monoisotopic (exact) mass is 621 g/mol. The number of carbonyl (C=O) groups excluding carboxylic acids is 5. The van der Waals surface area contributed by atoms with E-state index < -0.39 is 78.3 Å². The smallest absolute Gasteiger partial charge is 0.417 e. The van der Waals surface area contributed by atoms with E-state index in [9.17, 15) is 39.0 Å². The lowest BCUT2D eigenvalue weighted by Gasteiger charge is -2.30. The normalized spacial score (nSPS) is 14.4. The second-order valence-electron chi connectivity index (χ2n) is 11.0. The number of hydrogen-bond acceptors (Lipinski definition) is 9. The lowest BCUT2D eigenvalue weighted by molar-refractivity contribution is -0.144. The number of aliphatic hydroxyl groups excluding tert-OH is 1. The summed E-state index contributed by atoms with van der Waals surface area (Å²) in [5.41, 5.74) is 6.79. The van der Waals surface area contributed by atoms with E-state index in [2.05, 4.69) is 20.7 Å². The van der Waals surface area contributed by atoms with E-state index in [1.54, 1.807) is 13.8 Å². The third-order valence-electron chi connectivity index (χ3n) is 7.05. The minimum atomic E-state index is -1.41. The molecule has 5 amide bonds. The molecule has 0 aliphatic rings. The molecule has 0 saturated carbocycles. The Hall–Kier alpha value is -4.04. The molecule has 246 valence electrons. The lowest BCUT2D eigenvalue weighted by atomic mass is 9.97. The largest absolute Gasteiger partial charge is 0.480 e. The number of methoxy groups -OCH3 is 1. The fourth-order valence-corrected chi connectivity index (χ4v) is 4.38. The number of benzene rings is 1. The van der Waals surface area contributed by atoms with Gasteiger partial charge in [-0.2, -0.15) is 0 Å². The molecule has 0 aliphatic carbocycles. The highest BCUT2D eigenvalue weighted by molar-refractivity contribution is 5.99. The third-order valence-corrected chi connectivity index (χ3v) is 7.05. The Morgan fingerprint density at radius 1 is 0.909 bits per heavy atom. The minimum Gasteiger partial charge on any atom is -0.480 e. The predicted octanol–water partition coefficient (Wildman–Crippen LogP) is 0.555. The first-order valence-electron chi connectivity index (χ1n) is 14.7. The van der Waals surface area contributed by atoms with E-state index >= 15 is 0 Å². The number of carbonyl (C=O) groups is 6. The van der Waals surface area contributed by atoms with Gasteiger partial charge in [0, 0.05) is 18.9 Å². The first kappa shape index (κ1) is 38.0. The van der Waals surface area contributed by atoms with E-state index in [1.807, 2.05) is 30.3 Å². The first-order valence-corrected chi connectivity index (χ1v) is 14.7. The van der Waals surface area contributed by atoms with Crippen molar-refractivity contribution in [3.8, 4) is 0 Å². The molecule has 0 bridgehead atoms. The molecule has 44 heavy (non-hydrogen) atoms. The highest BCUT2D eigenvalue weighted by Gasteiger charge is 2.36. The molecule has 14 heteroatoms. The van der Waals surface area contributed by atoms with Crippen molar-refractivity contribution in [1.82, 2.24) is 20.9 Å². The number of rotatable bonds is 18. The van der Waals surface area contributed by atoms with E-state index in [1.165, 1.54) is 19.4 Å². The van der Waals surface area contributed by atoms with Gasteiger partial charge in [-0.1, -0.05) is 50.6 Å². The lowest BCUT2D eigenvalue weighted by Crippen LogP contribution is -2.59. The van der Waals surface area contributed by atoms with Crippen molar-refractivity contribution >= 4 is 35.7 Å². The van der Waals surface area contributed by atoms with Gasteiger partial charge in [-0.25, -0.2) is 14.5 Å². The zero-order chi connectivity index (χ0) is 33.4. The Labute approximate surface area is 258 Å². The summed E-state index contributed by atoms with van der Waals surface area (Å²) in [5, 5.41) is 27.2. The maximum Gasteiger partial charge on any atom is 0.417 e. The van der Waals surface area contributed by atoms with Crippen molar-refractivity contribution < 1.29 is 43.7 Å². The first-order chi connectivity index (χ1) is 20.7. The maximum atomic E-state index is 13.3. The van der Waals surface area contributed by atoms with Crippen LogP contribution in [0.15, 0.2) is 30.3 Å². The highest BCUT2D eigenvalue weighted by Crippen LogP contribution is 2.12. The van der Waals surface area contributed by atoms with Crippen LogP contribution < -0.4 is 21.7 Å². The number of nitrogens with zero attached hydrogens (tertiary/aromatic N) is 1. The zero-order valence-electron chi connectivity index (χ0n) is 26.1. The number of nitrogens with one attached hydrogen (secondary N) is 3. The topological polar surface area (TPSA) is 217 Å². The molecular weight excluding hydrogens is 574 g/mol. The molecule has 0 fully saturated rings. The van der Waals surface area contributed by atoms with Gasteiger partial charge < -0.3 is 36.6 Å². The van der Waals surface area contributed by atoms with Crippen LogP contribution in [0, 0.1) is 11.8 Å². The van der Waals surface area contributed by atoms with Crippen LogP contribution in [0.1, 0.15) is 58.9 Å². The van der Waals surface area contributed by atoms with Gasteiger partial charge in [-0.05, 0) is 44.6 Å². The number of carboxylic acids is 1. The quantitative estimate of drug-likeness (QED) is 0.125. The summed E-state index contributed by atoms with van der Waals surface area (Å²) in [6.45, 7) is 4.76. The average Bonchev–Trinajstić information content (AvgIpc) is 2.98. The van der Waals surface area contributed by atoms with Crippen LogP contribution in [0.4, 0.5) is 4.79 Å². The Morgan fingerprint density at radius 2 is 1.55 bits per heavy atom. The fourth-order valence-electron chi connectivity index (χ4n) is 4.38. The van der Waals surface area contributed by atoms with Gasteiger partial charge in [0.1, 0.15) is 18.1 Å². The molecule has 0 heterocycles. The molecule has 0 spiro atoms. The van der Waals surface area contributed by atoms with Crippen LogP contribution in [0.3, 0.4) is 0 Å². The molecule has 7 N–H and O–H groups in total. The van der Waals surface area contributed by atoms with E-state index in [4.69, 9.17) is 5.73 Å². The maximum absolute atomic E-state index is 13.3. The number of carboxylic acid groups (broad SMARTS) is 1. The summed E-state index contributed by atoms with van der Waals surface area (Å²) >= 11 is 0. The van der Waals surface area contributed by atoms with Crippen LogP contribution in [0.25, 0.3) is 0 Å². The van der Waals surface area contributed by atoms with Crippen LogP contribution >= 0.6 is 0 Å². The molecule has 5 atom stereocenters. The molecule has 1 rings (SSSR count). The Kier molecular flexibility index (Phi) is 16.6. The van der Waals surface area contributed by atoms with Gasteiger partial charge in [-0.15, -0.1) is 0 Å². The number of aryl methyl sites for hydroxylation is 1. The number of unbranched alkanes of at least 4 members (excludes halogenated alkanes) is 2. The molecule has 0 aliphatic heterocycles. The molecule has 14 nitrogen and oxygen atoms in total. The zero-order valence-corrected chi connectivity index (χ0v) is 26.1. The summed E-state index contributed by atoms with van der Waals surface area (Å²) in [5.74, 6) is -5.88. The van der Waals surface area contributed by atoms with Crippen molar-refractivity contribution in [2.75, 3.05) is 20.3 Å². The number of hydrogen-bond donors (Lipinski definition) is 6. The van der Waals surface area contributed by atoms with Crippen molar-refractivity contribution in [2.24, 2.45) is 17.6 Å². The second kappa shape index (κ2) is 19.3. The van der Waals surface area contributed by atoms with Crippen LogP contribution in [0.2, 0.25) is 0 Å². The van der Waals surface area contributed by atoms with E-state index in [-0.39, 0.29) is 13.0 Å². The summed E-state index contributed by atoms with van der Waals surface area (Å²) in [4.78, 5) is 76.0. The standard InChI is InChI=1S/C30H47N5O9/c1-18(2)24(29(41)42)34-27(39)25(33-23(37)15-11-7-10-14-21-12-8-6-9-13-21)22(17-36)16-32-26(38)20(4)35(30(43)44-5)28(40)19(3)31/h6,8-9,12-13,18-20,22,24-25,36H,7,10-11,14-17,31H2,1-5H3,(H,32,38)(H,33,37)(H,34,39)(H,41,42)/t19-,20-,22?,24?,25?/m0/s1. The van der Waals surface area contributed by atoms with Crippen molar-refractivity contribution in [1.29, 1.82) is 0 Å². The van der Waals surface area contributed by atoms with Crippen LogP contribution in [-0.2, 0) is 35.1 Å². The SMILES string of the molecule is COC(=O)N(C(=O)[C@H](C)N)[C@@H](C)C(=O)NCC(CO)C(NC(=O)CCCCCc1ccccc1)C(=O)NC(C(=O)O)C(C)C. The third kappa shape index (κ3) is 12.3. The summed E-state index contributed by atoms with van der Waals surface area (Å²) in [7, 11) is 1.03. The Bertz CT molecular complexity index is 1110. The number of imide groups is 1. The predicted molar refractivity (Wildman–Crippen MR) is 161 cm³/mol. The fraction of sp³-hybridized carbons (Fsp3) is 0.600. The van der Waals surface area contributed by atoms with Gasteiger partial charge in [0.25, 0.3) is 0 Å². The van der Waals surface area contributed by atoms with Gasteiger partial charge in [0.2, 0.25) is 23.6 Å². The van der Waals surface area contributed by atoms with Gasteiger partial charge >= 0.3 is 12.1 Å². The Balaban J connectivity index is 3.00. The van der Waals surface area contributed by atoms with Crippen LogP contribution in [0.5, 0.6) is 0 Å². The molecule has 1 aromatic rings. The molecule has 1 aromatic carbocycles. The number of amides is 5. The van der Waals surface area contributed by atoms with Crippen molar-refractivity contribution in [2.45, 2.75) is 84.0 Å². The van der Waals surface area contributed by atoms with E-state index in [0.717, 1.165) is 26.4 Å². The van der Waals surface area contributed by atoms with Gasteiger partial charge in [0.05, 0.1) is 19.8 Å². The number of aliphatic carboxylic acids is 1. The number of nitrogens with two attached hydrogens (primary N) is 1. The van der Waals surface area contributed by atoms with Crippen molar-refractivity contribution in [3.63, 3.8) is 0 Å². The number of ether oxygens (including phenoxy) is 1. The molecule has 0 radical (unpaired) electrons. The van der Waals surface area contributed by atoms with Crippen LogP contribution in [-0.4, -0.2) is 95.2 Å². The minimum absolute atomic E-state index is 0.0835. The van der Waals surface area contributed by atoms with Crippen molar-refractivity contribution in [3.05, 3.63) is 35.9 Å². The molecular formula is C30H47N5O9. The van der Waals surface area contributed by atoms with Gasteiger partial charge in [0.15, 0.2) is 0 Å². The summed E-state index contributed by atoms with van der Waals surface area (Å²) in [6, 6.07) is 4.74.